The summed E-state index contributed by atoms with van der Waals surface area (Å²) in [7, 11) is 3.55. The standard InChI is InChI=1S/C12H17ClN2O/c1-9(14-2)12(16)15(3)8-10-6-4-5-7-11(10)13/h4-7,9,14H,8H2,1-3H3. The number of nitrogens with zero attached hydrogens (tertiary/aromatic N) is 1. The number of carbonyl (C=O) groups is 1. The maximum Gasteiger partial charge on any atom is 0.239 e. The summed E-state index contributed by atoms with van der Waals surface area (Å²) in [5.41, 5.74) is 0.961. The molecule has 4 heteroatoms. The molecule has 0 saturated heterocycles. The first-order chi connectivity index (χ1) is 7.56. The fourth-order valence-corrected chi connectivity index (χ4v) is 1.61. The van der Waals surface area contributed by atoms with Gasteiger partial charge in [0.15, 0.2) is 0 Å². The van der Waals surface area contributed by atoms with Gasteiger partial charge in [-0.2, -0.15) is 0 Å². The van der Waals surface area contributed by atoms with Gasteiger partial charge in [0, 0.05) is 18.6 Å². The Morgan fingerprint density at radius 1 is 1.50 bits per heavy atom. The van der Waals surface area contributed by atoms with Crippen molar-refractivity contribution in [1.29, 1.82) is 0 Å². The molecule has 1 aromatic carbocycles. The van der Waals surface area contributed by atoms with Crippen LogP contribution in [-0.2, 0) is 11.3 Å². The lowest BCUT2D eigenvalue weighted by Gasteiger charge is -2.21. The van der Waals surface area contributed by atoms with Gasteiger partial charge in [-0.3, -0.25) is 4.79 Å². The summed E-state index contributed by atoms with van der Waals surface area (Å²) in [6.07, 6.45) is 0. The van der Waals surface area contributed by atoms with Crippen LogP contribution in [0.3, 0.4) is 0 Å². The minimum Gasteiger partial charge on any atom is -0.340 e. The molecule has 16 heavy (non-hydrogen) atoms. The van der Waals surface area contributed by atoms with Crippen LogP contribution in [0, 0.1) is 0 Å². The summed E-state index contributed by atoms with van der Waals surface area (Å²) < 4.78 is 0. The molecule has 0 radical (unpaired) electrons. The highest BCUT2D eigenvalue weighted by molar-refractivity contribution is 6.31. The molecule has 0 spiro atoms. The second-order valence-corrected chi connectivity index (χ2v) is 4.20. The SMILES string of the molecule is CNC(C)C(=O)N(C)Cc1ccccc1Cl. The van der Waals surface area contributed by atoms with Crippen molar-refractivity contribution in [2.45, 2.75) is 19.5 Å². The van der Waals surface area contributed by atoms with Crippen molar-refractivity contribution in [2.75, 3.05) is 14.1 Å². The van der Waals surface area contributed by atoms with E-state index in [0.29, 0.717) is 11.6 Å². The summed E-state index contributed by atoms with van der Waals surface area (Å²) >= 11 is 6.03. The smallest absolute Gasteiger partial charge is 0.239 e. The van der Waals surface area contributed by atoms with Crippen molar-refractivity contribution >= 4 is 17.5 Å². The van der Waals surface area contributed by atoms with E-state index in [-0.39, 0.29) is 11.9 Å². The molecule has 0 aliphatic heterocycles. The minimum atomic E-state index is -0.174. The predicted octanol–water partition coefficient (Wildman–Crippen LogP) is 1.91. The fraction of sp³-hybridized carbons (Fsp3) is 0.417. The third-order valence-corrected chi connectivity index (χ3v) is 2.91. The minimum absolute atomic E-state index is 0.0578. The lowest BCUT2D eigenvalue weighted by molar-refractivity contribution is -0.132. The third-order valence-electron chi connectivity index (χ3n) is 2.55. The van der Waals surface area contributed by atoms with Crippen LogP contribution in [0.4, 0.5) is 0 Å². The molecule has 0 heterocycles. The van der Waals surface area contributed by atoms with Crippen LogP contribution in [0.25, 0.3) is 0 Å². The van der Waals surface area contributed by atoms with Crippen molar-refractivity contribution in [1.82, 2.24) is 10.2 Å². The van der Waals surface area contributed by atoms with Crippen LogP contribution >= 0.6 is 11.6 Å². The molecular weight excluding hydrogens is 224 g/mol. The molecule has 0 aliphatic rings. The Morgan fingerprint density at radius 3 is 2.69 bits per heavy atom. The van der Waals surface area contributed by atoms with Crippen LogP contribution in [0.5, 0.6) is 0 Å². The van der Waals surface area contributed by atoms with Crippen LogP contribution in [0.15, 0.2) is 24.3 Å². The monoisotopic (exact) mass is 240 g/mol. The zero-order valence-electron chi connectivity index (χ0n) is 9.83. The first kappa shape index (κ1) is 13.0. The number of halogens is 1. The van der Waals surface area contributed by atoms with E-state index >= 15 is 0 Å². The Balaban J connectivity index is 2.68. The van der Waals surface area contributed by atoms with E-state index in [1.165, 1.54) is 0 Å². The number of nitrogens with one attached hydrogen (secondary N) is 1. The molecular formula is C12H17ClN2O. The zero-order valence-corrected chi connectivity index (χ0v) is 10.6. The van der Waals surface area contributed by atoms with Crippen LogP contribution in [0.2, 0.25) is 5.02 Å². The van der Waals surface area contributed by atoms with E-state index in [1.807, 2.05) is 31.2 Å². The normalized spacial score (nSPS) is 12.2. The van der Waals surface area contributed by atoms with Gasteiger partial charge in [0.25, 0.3) is 0 Å². The van der Waals surface area contributed by atoms with Crippen LogP contribution in [0.1, 0.15) is 12.5 Å². The van der Waals surface area contributed by atoms with Gasteiger partial charge in [0.1, 0.15) is 0 Å². The lowest BCUT2D eigenvalue weighted by Crippen LogP contribution is -2.41. The topological polar surface area (TPSA) is 32.3 Å². The summed E-state index contributed by atoms with van der Waals surface area (Å²) in [5, 5.41) is 3.62. The van der Waals surface area contributed by atoms with Gasteiger partial charge in [-0.15, -0.1) is 0 Å². The number of amides is 1. The van der Waals surface area contributed by atoms with Gasteiger partial charge >= 0.3 is 0 Å². The number of hydrogen-bond acceptors (Lipinski definition) is 2. The number of hydrogen-bond donors (Lipinski definition) is 1. The van der Waals surface area contributed by atoms with Crippen molar-refractivity contribution in [2.24, 2.45) is 0 Å². The Kier molecular flexibility index (Phi) is 4.77. The van der Waals surface area contributed by atoms with Crippen molar-refractivity contribution < 1.29 is 4.79 Å². The largest absolute Gasteiger partial charge is 0.340 e. The molecule has 3 nitrogen and oxygen atoms in total. The van der Waals surface area contributed by atoms with Gasteiger partial charge in [-0.1, -0.05) is 29.8 Å². The fourth-order valence-electron chi connectivity index (χ4n) is 1.41. The van der Waals surface area contributed by atoms with E-state index in [4.69, 9.17) is 11.6 Å². The molecule has 0 saturated carbocycles. The molecule has 1 unspecified atom stereocenters. The first-order valence-corrected chi connectivity index (χ1v) is 5.59. The van der Waals surface area contributed by atoms with Gasteiger partial charge in [-0.05, 0) is 25.6 Å². The highest BCUT2D eigenvalue weighted by atomic mass is 35.5. The van der Waals surface area contributed by atoms with Crippen molar-refractivity contribution in [3.05, 3.63) is 34.9 Å². The van der Waals surface area contributed by atoms with E-state index in [2.05, 4.69) is 5.32 Å². The molecule has 1 atom stereocenters. The molecule has 1 amide bonds. The Hall–Kier alpha value is -1.06. The molecule has 0 aliphatic carbocycles. The van der Waals surface area contributed by atoms with Crippen LogP contribution in [-0.4, -0.2) is 30.9 Å². The predicted molar refractivity (Wildman–Crippen MR) is 66.4 cm³/mol. The summed E-state index contributed by atoms with van der Waals surface area (Å²) in [5.74, 6) is 0.0578. The van der Waals surface area contributed by atoms with Gasteiger partial charge in [-0.25, -0.2) is 0 Å². The lowest BCUT2D eigenvalue weighted by atomic mass is 10.2. The first-order valence-electron chi connectivity index (χ1n) is 5.22. The second kappa shape index (κ2) is 5.87. The zero-order chi connectivity index (χ0) is 12.1. The number of benzene rings is 1. The number of rotatable bonds is 4. The maximum absolute atomic E-state index is 11.8. The summed E-state index contributed by atoms with van der Waals surface area (Å²) in [6.45, 7) is 2.37. The van der Waals surface area contributed by atoms with Crippen molar-refractivity contribution in [3.63, 3.8) is 0 Å². The van der Waals surface area contributed by atoms with Crippen molar-refractivity contribution in [3.8, 4) is 0 Å². The van der Waals surface area contributed by atoms with Gasteiger partial charge < -0.3 is 10.2 Å². The summed E-state index contributed by atoms with van der Waals surface area (Å²) in [4.78, 5) is 13.5. The maximum atomic E-state index is 11.8. The van der Waals surface area contributed by atoms with E-state index in [0.717, 1.165) is 5.56 Å². The Labute approximate surface area is 101 Å². The molecule has 0 aromatic heterocycles. The second-order valence-electron chi connectivity index (χ2n) is 3.80. The Bertz CT molecular complexity index is 368. The average molecular weight is 241 g/mol. The number of likely N-dealkylation sites (N-methyl/N-ethyl adjacent to an activating group) is 2. The van der Waals surface area contributed by atoms with Crippen LogP contribution < -0.4 is 5.32 Å². The average Bonchev–Trinajstić information content (AvgIpc) is 2.30. The van der Waals surface area contributed by atoms with E-state index < -0.39 is 0 Å². The molecule has 0 bridgehead atoms. The third kappa shape index (κ3) is 3.22. The van der Waals surface area contributed by atoms with E-state index in [1.54, 1.807) is 19.0 Å². The highest BCUT2D eigenvalue weighted by Crippen LogP contribution is 2.16. The molecule has 1 aromatic rings. The molecule has 1 rings (SSSR count). The molecule has 0 fully saturated rings. The number of carbonyl (C=O) groups excluding carboxylic acids is 1. The Morgan fingerprint density at radius 2 is 2.12 bits per heavy atom. The molecule has 88 valence electrons. The van der Waals surface area contributed by atoms with Gasteiger partial charge in [0.05, 0.1) is 6.04 Å². The van der Waals surface area contributed by atoms with Gasteiger partial charge in [0.2, 0.25) is 5.91 Å². The summed E-state index contributed by atoms with van der Waals surface area (Å²) in [6, 6.07) is 7.38. The van der Waals surface area contributed by atoms with E-state index in [9.17, 15) is 4.79 Å². The highest BCUT2D eigenvalue weighted by Gasteiger charge is 2.16. The quantitative estimate of drug-likeness (QED) is 0.872. The molecule has 1 N–H and O–H groups in total.